The van der Waals surface area contributed by atoms with Crippen LogP contribution in [-0.2, 0) is 9.59 Å². The maximum Gasteiger partial charge on any atom is 0.238 e. The summed E-state index contributed by atoms with van der Waals surface area (Å²) in [6.45, 7) is 3.93. The number of halogens is 2. The number of anilines is 2. The van der Waals surface area contributed by atoms with E-state index in [0.717, 1.165) is 12.5 Å². The minimum atomic E-state index is -1.03. The van der Waals surface area contributed by atoms with Crippen LogP contribution in [0, 0.1) is 22.6 Å². The highest BCUT2D eigenvalue weighted by atomic mass is 35.5. The Labute approximate surface area is 133 Å². The Balaban J connectivity index is 1.94. The first-order valence-electron chi connectivity index (χ1n) is 7.29. The minimum absolute atomic E-state index is 0.0201. The first-order chi connectivity index (χ1) is 10.2. The van der Waals surface area contributed by atoms with Gasteiger partial charge < -0.3 is 11.1 Å². The largest absolute Gasteiger partial charge is 0.395 e. The number of hydrogen-bond donors (Lipinski definition) is 2. The van der Waals surface area contributed by atoms with Crippen LogP contribution in [0.1, 0.15) is 33.1 Å². The lowest BCUT2D eigenvalue weighted by molar-refractivity contribution is -0.141. The molecule has 3 N–H and O–H groups in total. The summed E-state index contributed by atoms with van der Waals surface area (Å²) in [4.78, 5) is 25.2. The summed E-state index contributed by atoms with van der Waals surface area (Å²) >= 11 is 5.84. The number of Topliss-reactive ketones (excluding diaryl/α,β-unsaturated/α-hetero) is 1. The van der Waals surface area contributed by atoms with Crippen LogP contribution in [0.5, 0.6) is 0 Å². The van der Waals surface area contributed by atoms with Gasteiger partial charge >= 0.3 is 0 Å². The average Bonchev–Trinajstić information content (AvgIpc) is 2.79. The van der Waals surface area contributed by atoms with Crippen molar-refractivity contribution in [3.8, 4) is 0 Å². The molecule has 2 saturated carbocycles. The molecular weight excluding hydrogens is 307 g/mol. The molecule has 2 fully saturated rings. The van der Waals surface area contributed by atoms with Gasteiger partial charge in [0.25, 0.3) is 0 Å². The van der Waals surface area contributed by atoms with Crippen LogP contribution >= 0.6 is 11.6 Å². The van der Waals surface area contributed by atoms with Gasteiger partial charge in [0.2, 0.25) is 5.91 Å². The van der Waals surface area contributed by atoms with Gasteiger partial charge in [-0.2, -0.15) is 0 Å². The van der Waals surface area contributed by atoms with E-state index in [2.05, 4.69) is 5.32 Å². The molecule has 0 radical (unpaired) electrons. The van der Waals surface area contributed by atoms with Crippen molar-refractivity contribution in [3.63, 3.8) is 0 Å². The fourth-order valence-corrected chi connectivity index (χ4v) is 4.31. The first kappa shape index (κ1) is 15.3. The Morgan fingerprint density at radius 3 is 2.64 bits per heavy atom. The van der Waals surface area contributed by atoms with E-state index in [0.29, 0.717) is 12.8 Å². The van der Waals surface area contributed by atoms with Gasteiger partial charge in [-0.3, -0.25) is 9.59 Å². The number of carbonyl (C=O) groups is 2. The van der Waals surface area contributed by atoms with E-state index in [4.69, 9.17) is 17.3 Å². The summed E-state index contributed by atoms with van der Waals surface area (Å²) in [5, 5.41) is 2.69. The third-order valence-corrected chi connectivity index (χ3v) is 5.93. The van der Waals surface area contributed by atoms with Crippen LogP contribution in [0.4, 0.5) is 15.8 Å². The predicted molar refractivity (Wildman–Crippen MR) is 83.0 cm³/mol. The van der Waals surface area contributed by atoms with Gasteiger partial charge in [-0.25, -0.2) is 4.39 Å². The molecule has 3 rings (SSSR count). The van der Waals surface area contributed by atoms with Gasteiger partial charge in [0.1, 0.15) is 17.0 Å². The predicted octanol–water partition coefficient (Wildman–Crippen LogP) is 3.40. The maximum absolute atomic E-state index is 13.7. The van der Waals surface area contributed by atoms with Gasteiger partial charge in [-0.15, -0.1) is 0 Å². The summed E-state index contributed by atoms with van der Waals surface area (Å²) < 4.78 is 13.7. The summed E-state index contributed by atoms with van der Waals surface area (Å²) in [6, 6.07) is 2.52. The van der Waals surface area contributed by atoms with Gasteiger partial charge in [0.15, 0.2) is 0 Å². The van der Waals surface area contributed by atoms with E-state index in [1.54, 1.807) is 0 Å². The molecule has 0 saturated heterocycles. The van der Waals surface area contributed by atoms with Gasteiger partial charge in [-0.1, -0.05) is 25.4 Å². The second kappa shape index (κ2) is 4.69. The fourth-order valence-electron chi connectivity index (χ4n) is 4.10. The summed E-state index contributed by atoms with van der Waals surface area (Å²) in [6.07, 6.45) is 1.85. The lowest BCUT2D eigenvalue weighted by Gasteiger charge is -2.34. The van der Waals surface area contributed by atoms with E-state index < -0.39 is 11.2 Å². The molecule has 0 spiro atoms. The number of benzene rings is 1. The van der Waals surface area contributed by atoms with E-state index in [1.807, 2.05) is 13.8 Å². The van der Waals surface area contributed by atoms with Crippen molar-refractivity contribution in [2.75, 3.05) is 11.1 Å². The third-order valence-electron chi connectivity index (χ3n) is 5.62. The maximum atomic E-state index is 13.7. The highest BCUT2D eigenvalue weighted by Gasteiger charge is 2.68. The number of nitrogens with two attached hydrogens (primary N) is 1. The monoisotopic (exact) mass is 324 g/mol. The van der Waals surface area contributed by atoms with Crippen molar-refractivity contribution >= 4 is 34.7 Å². The lowest BCUT2D eigenvalue weighted by Crippen LogP contribution is -2.46. The lowest BCUT2D eigenvalue weighted by atomic mass is 9.68. The zero-order chi connectivity index (χ0) is 16.3. The molecule has 2 atom stereocenters. The number of carbonyl (C=O) groups excluding carboxylic acids is 2. The standard InChI is InChI=1S/C16H18ClFN2O2/c1-15(2)8-3-4-16(15,12(21)5-8)14(22)20-9-6-10(17)13(19)11(18)7-9/h6-8H,3-5,19H2,1-2H3,(H,20,22)/t8-,16+/m1/s1. The van der Waals surface area contributed by atoms with Crippen LogP contribution < -0.4 is 11.1 Å². The summed E-state index contributed by atoms with van der Waals surface area (Å²) in [7, 11) is 0. The molecule has 0 heterocycles. The Morgan fingerprint density at radius 2 is 2.14 bits per heavy atom. The van der Waals surface area contributed by atoms with E-state index in [9.17, 15) is 14.0 Å². The Bertz CT molecular complexity index is 666. The number of ketones is 1. The molecular formula is C16H18ClFN2O2. The topological polar surface area (TPSA) is 72.2 Å². The molecule has 0 unspecified atom stereocenters. The van der Waals surface area contributed by atoms with Gasteiger partial charge in [-0.05, 0) is 36.3 Å². The molecule has 1 amide bonds. The molecule has 1 aromatic rings. The Hall–Kier alpha value is -1.62. The minimum Gasteiger partial charge on any atom is -0.395 e. The van der Waals surface area contributed by atoms with Crippen LogP contribution in [0.25, 0.3) is 0 Å². The smallest absolute Gasteiger partial charge is 0.238 e. The van der Waals surface area contributed by atoms with E-state index >= 15 is 0 Å². The Kier molecular flexibility index (Phi) is 3.25. The normalized spacial score (nSPS) is 28.9. The van der Waals surface area contributed by atoms with Crippen LogP contribution in [-0.4, -0.2) is 11.7 Å². The van der Waals surface area contributed by atoms with E-state index in [-0.39, 0.29) is 39.4 Å². The van der Waals surface area contributed by atoms with Crippen LogP contribution in [0.2, 0.25) is 5.02 Å². The molecule has 118 valence electrons. The molecule has 4 nitrogen and oxygen atoms in total. The average molecular weight is 325 g/mol. The fraction of sp³-hybridized carbons (Fsp3) is 0.500. The number of hydrogen-bond acceptors (Lipinski definition) is 3. The number of fused-ring (bicyclic) bond motifs is 2. The highest BCUT2D eigenvalue weighted by Crippen LogP contribution is 2.64. The molecule has 6 heteroatoms. The highest BCUT2D eigenvalue weighted by molar-refractivity contribution is 6.33. The quantitative estimate of drug-likeness (QED) is 0.647. The molecule has 22 heavy (non-hydrogen) atoms. The van der Waals surface area contributed by atoms with Crippen molar-refractivity contribution in [1.82, 2.24) is 0 Å². The second-order valence-corrected chi connectivity index (χ2v) is 7.20. The Morgan fingerprint density at radius 1 is 1.45 bits per heavy atom. The number of nitrogens with one attached hydrogen (secondary N) is 1. The first-order valence-corrected chi connectivity index (χ1v) is 7.67. The van der Waals surface area contributed by atoms with Crippen molar-refractivity contribution in [1.29, 1.82) is 0 Å². The SMILES string of the molecule is CC1(C)[C@@H]2CC[C@@]1(C(=O)Nc1cc(F)c(N)c(Cl)c1)C(=O)C2. The zero-order valence-corrected chi connectivity index (χ0v) is 13.3. The number of amides is 1. The zero-order valence-electron chi connectivity index (χ0n) is 12.5. The molecule has 2 bridgehead atoms. The van der Waals surface area contributed by atoms with Crippen LogP contribution in [0.15, 0.2) is 12.1 Å². The number of nitrogen functional groups attached to an aromatic ring is 1. The van der Waals surface area contributed by atoms with Crippen molar-refractivity contribution in [2.45, 2.75) is 33.1 Å². The van der Waals surface area contributed by atoms with Gasteiger partial charge in [0, 0.05) is 12.1 Å². The molecule has 2 aliphatic rings. The van der Waals surface area contributed by atoms with Gasteiger partial charge in [0.05, 0.1) is 10.7 Å². The van der Waals surface area contributed by atoms with Crippen molar-refractivity contribution in [2.24, 2.45) is 16.7 Å². The summed E-state index contributed by atoms with van der Waals surface area (Å²) in [5.41, 5.74) is 4.10. The second-order valence-electron chi connectivity index (χ2n) is 6.80. The van der Waals surface area contributed by atoms with Crippen LogP contribution in [0.3, 0.4) is 0 Å². The third kappa shape index (κ3) is 1.81. The van der Waals surface area contributed by atoms with Crippen molar-refractivity contribution < 1.29 is 14.0 Å². The molecule has 2 aliphatic carbocycles. The summed E-state index contributed by atoms with van der Waals surface area (Å²) in [5.74, 6) is -0.852. The molecule has 0 aromatic heterocycles. The molecule has 1 aromatic carbocycles. The van der Waals surface area contributed by atoms with Crippen molar-refractivity contribution in [3.05, 3.63) is 23.0 Å². The van der Waals surface area contributed by atoms with E-state index in [1.165, 1.54) is 6.07 Å². The molecule has 0 aliphatic heterocycles. The number of rotatable bonds is 2.